The number of Topliss-reactive ketones (excluding diaryl/α,β-unsaturated/α-hetero) is 1. The van der Waals surface area contributed by atoms with Gasteiger partial charge in [0.25, 0.3) is 0 Å². The fourth-order valence-corrected chi connectivity index (χ4v) is 3.84. The molecule has 3 rings (SSSR count). The third kappa shape index (κ3) is 5.31. The van der Waals surface area contributed by atoms with Crippen LogP contribution in [0.15, 0.2) is 42.5 Å². The zero-order valence-corrected chi connectivity index (χ0v) is 17.2. The van der Waals surface area contributed by atoms with Gasteiger partial charge in [0, 0.05) is 28.8 Å². The highest BCUT2D eigenvalue weighted by atomic mass is 16.2. The highest BCUT2D eigenvalue weighted by Crippen LogP contribution is 2.31. The predicted molar refractivity (Wildman–Crippen MR) is 115 cm³/mol. The Balaban J connectivity index is 1.50. The monoisotopic (exact) mass is 392 g/mol. The van der Waals surface area contributed by atoms with Crippen molar-refractivity contribution in [3.63, 3.8) is 0 Å². The van der Waals surface area contributed by atoms with Crippen LogP contribution in [0, 0.1) is 25.7 Å². The van der Waals surface area contributed by atoms with E-state index in [0.29, 0.717) is 36.9 Å². The van der Waals surface area contributed by atoms with E-state index >= 15 is 0 Å². The molecule has 1 fully saturated rings. The van der Waals surface area contributed by atoms with Crippen LogP contribution in [-0.2, 0) is 9.59 Å². The van der Waals surface area contributed by atoms with Crippen molar-refractivity contribution in [2.24, 2.45) is 11.8 Å². The standard InChI is InChI=1S/C24H28N2O3/c1-15-4-13-22(16(2)14-15)26-24(29)20-7-5-19(6-8-20)23(28)25-21-11-9-18(10-12-21)17(3)27/h4,9-14,19-20H,5-8H2,1-3H3,(H,25,28)(H,26,29). The molecule has 2 aromatic rings. The van der Waals surface area contributed by atoms with Gasteiger partial charge in [-0.2, -0.15) is 0 Å². The number of carbonyl (C=O) groups excluding carboxylic acids is 3. The van der Waals surface area contributed by atoms with Crippen molar-refractivity contribution in [2.75, 3.05) is 10.6 Å². The van der Waals surface area contributed by atoms with E-state index in [4.69, 9.17) is 0 Å². The summed E-state index contributed by atoms with van der Waals surface area (Å²) in [6.07, 6.45) is 2.81. The van der Waals surface area contributed by atoms with Gasteiger partial charge in [-0.05, 0) is 82.3 Å². The summed E-state index contributed by atoms with van der Waals surface area (Å²) in [4.78, 5) is 36.5. The Labute approximate surface area is 171 Å². The van der Waals surface area contributed by atoms with Gasteiger partial charge < -0.3 is 10.6 Å². The number of carbonyl (C=O) groups is 3. The SMILES string of the molecule is CC(=O)c1ccc(NC(=O)C2CCC(C(=O)Nc3ccc(C)cc3C)CC2)cc1. The summed E-state index contributed by atoms with van der Waals surface area (Å²) >= 11 is 0. The number of anilines is 2. The molecule has 0 spiro atoms. The molecule has 2 amide bonds. The molecule has 1 aliphatic rings. The second kappa shape index (κ2) is 9.03. The third-order valence-corrected chi connectivity index (χ3v) is 5.67. The van der Waals surface area contributed by atoms with Crippen molar-refractivity contribution in [1.29, 1.82) is 0 Å². The molecule has 0 unspecified atom stereocenters. The lowest BCUT2D eigenvalue weighted by Gasteiger charge is -2.27. The minimum Gasteiger partial charge on any atom is -0.326 e. The Morgan fingerprint density at radius 3 is 1.86 bits per heavy atom. The number of hydrogen-bond donors (Lipinski definition) is 2. The van der Waals surface area contributed by atoms with Crippen LogP contribution in [0.1, 0.15) is 54.1 Å². The minimum atomic E-state index is -0.0901. The Kier molecular flexibility index (Phi) is 6.47. The molecule has 152 valence electrons. The van der Waals surface area contributed by atoms with Gasteiger partial charge >= 0.3 is 0 Å². The molecule has 2 N–H and O–H groups in total. The predicted octanol–water partition coefficient (Wildman–Crippen LogP) is 4.89. The van der Waals surface area contributed by atoms with Crippen LogP contribution in [0.2, 0.25) is 0 Å². The maximum atomic E-state index is 12.6. The number of aryl methyl sites for hydroxylation is 2. The summed E-state index contributed by atoms with van der Waals surface area (Å²) in [5.74, 6) is -0.132. The summed E-state index contributed by atoms with van der Waals surface area (Å²) in [5, 5.41) is 5.96. The lowest BCUT2D eigenvalue weighted by molar-refractivity contribution is -0.125. The van der Waals surface area contributed by atoms with Gasteiger partial charge in [0.05, 0.1) is 0 Å². The van der Waals surface area contributed by atoms with Crippen LogP contribution in [-0.4, -0.2) is 17.6 Å². The van der Waals surface area contributed by atoms with Crippen LogP contribution in [0.4, 0.5) is 11.4 Å². The van der Waals surface area contributed by atoms with Crippen molar-refractivity contribution >= 4 is 29.0 Å². The van der Waals surface area contributed by atoms with Gasteiger partial charge in [0.15, 0.2) is 5.78 Å². The Morgan fingerprint density at radius 1 is 0.793 bits per heavy atom. The summed E-state index contributed by atoms with van der Waals surface area (Å²) in [5.41, 5.74) is 4.40. The molecule has 0 atom stereocenters. The van der Waals surface area contributed by atoms with Crippen LogP contribution >= 0.6 is 0 Å². The molecule has 0 saturated heterocycles. The third-order valence-electron chi connectivity index (χ3n) is 5.67. The van der Waals surface area contributed by atoms with E-state index < -0.39 is 0 Å². The molecule has 0 bridgehead atoms. The largest absolute Gasteiger partial charge is 0.326 e. The Hall–Kier alpha value is -2.95. The van der Waals surface area contributed by atoms with Crippen molar-refractivity contribution in [3.8, 4) is 0 Å². The second-order valence-corrected chi connectivity index (χ2v) is 7.98. The van der Waals surface area contributed by atoms with Crippen molar-refractivity contribution in [2.45, 2.75) is 46.5 Å². The molecule has 5 nitrogen and oxygen atoms in total. The lowest BCUT2D eigenvalue weighted by atomic mass is 9.81. The van der Waals surface area contributed by atoms with E-state index in [9.17, 15) is 14.4 Å². The van der Waals surface area contributed by atoms with Crippen LogP contribution in [0.3, 0.4) is 0 Å². The second-order valence-electron chi connectivity index (χ2n) is 7.98. The van der Waals surface area contributed by atoms with Crippen molar-refractivity contribution in [3.05, 3.63) is 59.2 Å². The topological polar surface area (TPSA) is 75.3 Å². The van der Waals surface area contributed by atoms with Gasteiger partial charge in [0.1, 0.15) is 0 Å². The molecule has 0 radical (unpaired) electrons. The maximum Gasteiger partial charge on any atom is 0.227 e. The normalized spacial score (nSPS) is 18.7. The van der Waals surface area contributed by atoms with Crippen molar-refractivity contribution < 1.29 is 14.4 Å². The summed E-state index contributed by atoms with van der Waals surface area (Å²) < 4.78 is 0. The minimum absolute atomic E-state index is 0.000284. The molecule has 0 aromatic heterocycles. The molecule has 1 saturated carbocycles. The first-order chi connectivity index (χ1) is 13.8. The smallest absolute Gasteiger partial charge is 0.227 e. The number of hydrogen-bond acceptors (Lipinski definition) is 3. The molecular formula is C24H28N2O3. The first kappa shape index (κ1) is 20.8. The molecule has 5 heteroatoms. The average molecular weight is 392 g/mol. The zero-order valence-electron chi connectivity index (χ0n) is 17.2. The highest BCUT2D eigenvalue weighted by molar-refractivity contribution is 5.96. The van der Waals surface area contributed by atoms with Crippen molar-refractivity contribution in [1.82, 2.24) is 0 Å². The zero-order chi connectivity index (χ0) is 21.0. The molecule has 0 heterocycles. The van der Waals surface area contributed by atoms with Gasteiger partial charge in [-0.15, -0.1) is 0 Å². The van der Waals surface area contributed by atoms with Crippen LogP contribution in [0.5, 0.6) is 0 Å². The molecular weight excluding hydrogens is 364 g/mol. The molecule has 0 aliphatic heterocycles. The average Bonchev–Trinajstić information content (AvgIpc) is 2.70. The van der Waals surface area contributed by atoms with E-state index in [1.807, 2.05) is 26.0 Å². The Bertz CT molecular complexity index is 910. The van der Waals surface area contributed by atoms with E-state index in [1.54, 1.807) is 24.3 Å². The number of benzene rings is 2. The van der Waals surface area contributed by atoms with E-state index in [-0.39, 0.29) is 29.4 Å². The lowest BCUT2D eigenvalue weighted by Crippen LogP contribution is -2.32. The first-order valence-electron chi connectivity index (χ1n) is 10.1. The van der Waals surface area contributed by atoms with Crippen LogP contribution < -0.4 is 10.6 Å². The van der Waals surface area contributed by atoms with Gasteiger partial charge in [-0.25, -0.2) is 0 Å². The van der Waals surface area contributed by atoms with Crippen LogP contribution in [0.25, 0.3) is 0 Å². The molecule has 1 aliphatic carbocycles. The fraction of sp³-hybridized carbons (Fsp3) is 0.375. The number of nitrogens with one attached hydrogen (secondary N) is 2. The quantitative estimate of drug-likeness (QED) is 0.712. The summed E-state index contributed by atoms with van der Waals surface area (Å²) in [6, 6.07) is 12.9. The van der Waals surface area contributed by atoms with E-state index in [0.717, 1.165) is 11.3 Å². The molecule has 2 aromatic carbocycles. The summed E-state index contributed by atoms with van der Waals surface area (Å²) in [7, 11) is 0. The van der Waals surface area contributed by atoms with Gasteiger partial charge in [-0.3, -0.25) is 14.4 Å². The Morgan fingerprint density at radius 2 is 1.34 bits per heavy atom. The number of amides is 2. The first-order valence-corrected chi connectivity index (χ1v) is 10.1. The summed E-state index contributed by atoms with van der Waals surface area (Å²) in [6.45, 7) is 5.54. The fourth-order valence-electron chi connectivity index (χ4n) is 3.84. The number of ketones is 1. The molecule has 29 heavy (non-hydrogen) atoms. The van der Waals surface area contributed by atoms with Gasteiger partial charge in [-0.1, -0.05) is 17.7 Å². The van der Waals surface area contributed by atoms with E-state index in [1.165, 1.54) is 12.5 Å². The van der Waals surface area contributed by atoms with E-state index in [2.05, 4.69) is 16.7 Å². The maximum absolute atomic E-state index is 12.6. The van der Waals surface area contributed by atoms with Gasteiger partial charge in [0.2, 0.25) is 11.8 Å². The number of rotatable bonds is 5. The highest BCUT2D eigenvalue weighted by Gasteiger charge is 2.30.